The van der Waals surface area contributed by atoms with Gasteiger partial charge in [0.25, 0.3) is 0 Å². The standard InChI is InChI=1S/C11H19N3O/c12-11(9-3-4-9)13-6-5-10(15)14-7-1-2-8-14/h9H,1-8H2,(H2,12,13). The Hall–Kier alpha value is -1.06. The molecule has 0 atom stereocenters. The lowest BCUT2D eigenvalue weighted by Gasteiger charge is -2.14. The SMILES string of the molecule is NC(=NCCC(=O)N1CCCC1)C1CC1. The number of hydrogen-bond donors (Lipinski definition) is 1. The van der Waals surface area contributed by atoms with E-state index in [1.54, 1.807) is 0 Å². The average molecular weight is 209 g/mol. The Balaban J connectivity index is 1.68. The Morgan fingerprint density at radius 1 is 1.33 bits per heavy atom. The summed E-state index contributed by atoms with van der Waals surface area (Å²) in [5.41, 5.74) is 5.74. The van der Waals surface area contributed by atoms with Crippen LogP contribution in [0.1, 0.15) is 32.1 Å². The molecule has 0 aromatic rings. The lowest BCUT2D eigenvalue weighted by atomic mass is 10.3. The van der Waals surface area contributed by atoms with E-state index in [9.17, 15) is 4.79 Å². The maximum atomic E-state index is 11.6. The fourth-order valence-corrected chi connectivity index (χ4v) is 1.91. The van der Waals surface area contributed by atoms with E-state index in [4.69, 9.17) is 5.73 Å². The normalized spacial score (nSPS) is 22.1. The molecule has 2 N–H and O–H groups in total. The second-order valence-corrected chi connectivity index (χ2v) is 4.42. The minimum Gasteiger partial charge on any atom is -0.387 e. The van der Waals surface area contributed by atoms with Gasteiger partial charge < -0.3 is 10.6 Å². The summed E-state index contributed by atoms with van der Waals surface area (Å²) < 4.78 is 0. The number of rotatable bonds is 4. The summed E-state index contributed by atoms with van der Waals surface area (Å²) in [6.45, 7) is 2.43. The first-order chi connectivity index (χ1) is 7.27. The van der Waals surface area contributed by atoms with Gasteiger partial charge in [0.05, 0.1) is 5.84 Å². The van der Waals surface area contributed by atoms with E-state index in [0.29, 0.717) is 18.9 Å². The highest BCUT2D eigenvalue weighted by Crippen LogP contribution is 2.28. The minimum atomic E-state index is 0.236. The summed E-state index contributed by atoms with van der Waals surface area (Å²) in [4.78, 5) is 17.8. The van der Waals surface area contributed by atoms with E-state index in [1.165, 1.54) is 12.8 Å². The molecule has 0 aromatic heterocycles. The second-order valence-electron chi connectivity index (χ2n) is 4.42. The van der Waals surface area contributed by atoms with Crippen molar-refractivity contribution in [2.24, 2.45) is 16.6 Å². The number of nitrogens with zero attached hydrogens (tertiary/aromatic N) is 2. The maximum Gasteiger partial charge on any atom is 0.224 e. The van der Waals surface area contributed by atoms with Gasteiger partial charge in [0.2, 0.25) is 5.91 Å². The Morgan fingerprint density at radius 2 is 2.00 bits per heavy atom. The first-order valence-electron chi connectivity index (χ1n) is 5.85. The van der Waals surface area contributed by atoms with Crippen LogP contribution in [0.25, 0.3) is 0 Å². The van der Waals surface area contributed by atoms with Gasteiger partial charge in [0, 0.05) is 32.0 Å². The van der Waals surface area contributed by atoms with Crippen LogP contribution in [0.3, 0.4) is 0 Å². The molecule has 2 rings (SSSR count). The third-order valence-electron chi connectivity index (χ3n) is 3.07. The number of carbonyl (C=O) groups excluding carboxylic acids is 1. The van der Waals surface area contributed by atoms with E-state index in [2.05, 4.69) is 4.99 Å². The van der Waals surface area contributed by atoms with E-state index < -0.39 is 0 Å². The summed E-state index contributed by atoms with van der Waals surface area (Å²) in [6.07, 6.45) is 5.18. The molecule has 4 nitrogen and oxygen atoms in total. The summed E-state index contributed by atoms with van der Waals surface area (Å²) in [6, 6.07) is 0. The Bertz CT molecular complexity index is 265. The van der Waals surface area contributed by atoms with Gasteiger partial charge in [0.15, 0.2) is 0 Å². The fraction of sp³-hybridized carbons (Fsp3) is 0.818. The molecule has 0 spiro atoms. The molecule has 1 aliphatic heterocycles. The van der Waals surface area contributed by atoms with Gasteiger partial charge in [-0.25, -0.2) is 0 Å². The van der Waals surface area contributed by atoms with Crippen molar-refractivity contribution in [3.63, 3.8) is 0 Å². The van der Waals surface area contributed by atoms with Crippen molar-refractivity contribution in [3.8, 4) is 0 Å². The summed E-state index contributed by atoms with van der Waals surface area (Å²) >= 11 is 0. The third-order valence-corrected chi connectivity index (χ3v) is 3.07. The van der Waals surface area contributed by atoms with Crippen molar-refractivity contribution in [2.75, 3.05) is 19.6 Å². The van der Waals surface area contributed by atoms with Gasteiger partial charge in [-0.15, -0.1) is 0 Å². The average Bonchev–Trinajstić information content (AvgIpc) is 2.93. The quantitative estimate of drug-likeness (QED) is 0.549. The van der Waals surface area contributed by atoms with E-state index in [0.717, 1.165) is 31.8 Å². The molecule has 1 heterocycles. The first-order valence-corrected chi connectivity index (χ1v) is 5.85. The summed E-state index contributed by atoms with van der Waals surface area (Å²) in [5.74, 6) is 1.51. The van der Waals surface area contributed by atoms with Crippen LogP contribution in [0.15, 0.2) is 4.99 Å². The molecule has 0 bridgehead atoms. The number of carbonyl (C=O) groups is 1. The molecule has 1 amide bonds. The fourth-order valence-electron chi connectivity index (χ4n) is 1.91. The van der Waals surface area contributed by atoms with Crippen molar-refractivity contribution in [3.05, 3.63) is 0 Å². The van der Waals surface area contributed by atoms with Crippen LogP contribution in [-0.4, -0.2) is 36.3 Å². The van der Waals surface area contributed by atoms with Crippen molar-refractivity contribution in [2.45, 2.75) is 32.1 Å². The maximum absolute atomic E-state index is 11.6. The molecule has 0 unspecified atom stereocenters. The number of amidine groups is 1. The van der Waals surface area contributed by atoms with Crippen LogP contribution < -0.4 is 5.73 Å². The van der Waals surface area contributed by atoms with Crippen LogP contribution in [0.2, 0.25) is 0 Å². The molecule has 0 aromatic carbocycles. The van der Waals surface area contributed by atoms with E-state index in [-0.39, 0.29) is 5.91 Å². The van der Waals surface area contributed by atoms with Crippen molar-refractivity contribution in [1.82, 2.24) is 4.90 Å². The minimum absolute atomic E-state index is 0.236. The monoisotopic (exact) mass is 209 g/mol. The number of aliphatic imine (C=N–C) groups is 1. The largest absolute Gasteiger partial charge is 0.387 e. The number of nitrogens with two attached hydrogens (primary N) is 1. The topological polar surface area (TPSA) is 58.7 Å². The van der Waals surface area contributed by atoms with Crippen LogP contribution in [0.4, 0.5) is 0 Å². The van der Waals surface area contributed by atoms with Gasteiger partial charge in [-0.1, -0.05) is 0 Å². The molecule has 2 aliphatic rings. The lowest BCUT2D eigenvalue weighted by Crippen LogP contribution is -2.28. The molecular weight excluding hydrogens is 190 g/mol. The molecule has 1 aliphatic carbocycles. The molecule has 15 heavy (non-hydrogen) atoms. The van der Waals surface area contributed by atoms with Gasteiger partial charge in [-0.05, 0) is 25.7 Å². The van der Waals surface area contributed by atoms with Crippen molar-refractivity contribution < 1.29 is 4.79 Å². The van der Waals surface area contributed by atoms with Crippen LogP contribution in [0.5, 0.6) is 0 Å². The zero-order valence-electron chi connectivity index (χ0n) is 9.11. The van der Waals surface area contributed by atoms with Crippen LogP contribution >= 0.6 is 0 Å². The van der Waals surface area contributed by atoms with Gasteiger partial charge in [-0.2, -0.15) is 0 Å². The predicted molar refractivity (Wildman–Crippen MR) is 59.6 cm³/mol. The molecule has 1 saturated carbocycles. The summed E-state index contributed by atoms with van der Waals surface area (Å²) in [7, 11) is 0. The van der Waals surface area contributed by atoms with Crippen LogP contribution in [-0.2, 0) is 4.79 Å². The number of hydrogen-bond acceptors (Lipinski definition) is 2. The number of amides is 1. The highest BCUT2D eigenvalue weighted by molar-refractivity contribution is 5.85. The molecule has 0 radical (unpaired) electrons. The smallest absolute Gasteiger partial charge is 0.224 e. The first kappa shape index (κ1) is 10.5. The highest BCUT2D eigenvalue weighted by atomic mass is 16.2. The van der Waals surface area contributed by atoms with E-state index in [1.807, 2.05) is 4.90 Å². The third kappa shape index (κ3) is 2.94. The Labute approximate surface area is 90.5 Å². The van der Waals surface area contributed by atoms with Crippen molar-refractivity contribution in [1.29, 1.82) is 0 Å². The molecule has 2 fully saturated rings. The predicted octanol–water partition coefficient (Wildman–Crippen LogP) is 0.766. The molecule has 84 valence electrons. The van der Waals surface area contributed by atoms with Gasteiger partial charge in [0.1, 0.15) is 0 Å². The molecule has 1 saturated heterocycles. The second kappa shape index (κ2) is 4.64. The highest BCUT2D eigenvalue weighted by Gasteiger charge is 2.25. The lowest BCUT2D eigenvalue weighted by molar-refractivity contribution is -0.129. The van der Waals surface area contributed by atoms with Gasteiger partial charge >= 0.3 is 0 Å². The van der Waals surface area contributed by atoms with E-state index >= 15 is 0 Å². The van der Waals surface area contributed by atoms with Crippen molar-refractivity contribution >= 4 is 11.7 Å². The number of likely N-dealkylation sites (tertiary alicyclic amines) is 1. The zero-order valence-corrected chi connectivity index (χ0v) is 9.11. The van der Waals surface area contributed by atoms with Crippen LogP contribution in [0, 0.1) is 5.92 Å². The Morgan fingerprint density at radius 3 is 2.60 bits per heavy atom. The molecular formula is C11H19N3O. The molecule has 4 heteroatoms. The van der Waals surface area contributed by atoms with Gasteiger partial charge in [-0.3, -0.25) is 9.79 Å². The summed E-state index contributed by atoms with van der Waals surface area (Å²) in [5, 5.41) is 0. The Kier molecular flexibility index (Phi) is 3.23. The zero-order chi connectivity index (χ0) is 10.7.